The molecule has 0 fully saturated rings. The molecule has 2 heterocycles. The molecule has 11 heavy (non-hydrogen) atoms. The normalized spacial score (nSPS) is 15.5. The maximum atomic E-state index is 8.72. The summed E-state index contributed by atoms with van der Waals surface area (Å²) in [7, 11) is 0. The first-order chi connectivity index (χ1) is 5.42. The first-order valence-electron chi connectivity index (χ1n) is 3.79. The average molecular weight is 153 g/mol. The first kappa shape index (κ1) is 6.67. The van der Waals surface area contributed by atoms with Crippen molar-refractivity contribution >= 4 is 5.82 Å². The van der Waals surface area contributed by atoms with Crippen molar-refractivity contribution < 1.29 is 5.11 Å². The van der Waals surface area contributed by atoms with Gasteiger partial charge in [-0.25, -0.2) is 4.68 Å². The lowest BCUT2D eigenvalue weighted by molar-refractivity contribution is 0.303. The molecule has 4 nitrogen and oxygen atoms in total. The molecule has 2 rings (SSSR count). The molecular formula is C7H11N3O. The zero-order chi connectivity index (χ0) is 7.68. The number of rotatable bonds is 2. The van der Waals surface area contributed by atoms with Gasteiger partial charge in [0.05, 0.1) is 19.3 Å². The van der Waals surface area contributed by atoms with Gasteiger partial charge in [0, 0.05) is 19.2 Å². The molecule has 0 spiro atoms. The molecule has 0 radical (unpaired) electrons. The van der Waals surface area contributed by atoms with E-state index < -0.39 is 0 Å². The largest absolute Gasteiger partial charge is 0.395 e. The predicted molar refractivity (Wildman–Crippen MR) is 41.5 cm³/mol. The van der Waals surface area contributed by atoms with E-state index >= 15 is 0 Å². The lowest BCUT2D eigenvalue weighted by Gasteiger charge is -2.13. The van der Waals surface area contributed by atoms with Crippen LogP contribution in [0.4, 0.5) is 5.82 Å². The number of hydrogen-bond acceptors (Lipinski definition) is 3. The molecule has 0 atom stereocenters. The highest BCUT2D eigenvalue weighted by Gasteiger charge is 2.17. The fraction of sp³-hybridized carbons (Fsp3) is 0.571. The van der Waals surface area contributed by atoms with Crippen molar-refractivity contribution in [3.63, 3.8) is 0 Å². The maximum absolute atomic E-state index is 8.72. The SMILES string of the molecule is OCCN1CCn2nccc21. The second-order valence-electron chi connectivity index (χ2n) is 2.62. The second kappa shape index (κ2) is 2.54. The standard InChI is InChI=1S/C7H11N3O/c11-6-5-9-3-4-10-7(9)1-2-8-10/h1-2,11H,3-6H2. The molecule has 0 aromatic carbocycles. The number of nitrogens with zero attached hydrogens (tertiary/aromatic N) is 3. The summed E-state index contributed by atoms with van der Waals surface area (Å²) in [5.41, 5.74) is 0. The van der Waals surface area contributed by atoms with Gasteiger partial charge < -0.3 is 10.0 Å². The third-order valence-electron chi connectivity index (χ3n) is 1.97. The van der Waals surface area contributed by atoms with Gasteiger partial charge in [0.2, 0.25) is 0 Å². The number of aliphatic hydroxyl groups is 1. The van der Waals surface area contributed by atoms with Gasteiger partial charge in [-0.05, 0) is 0 Å². The quantitative estimate of drug-likeness (QED) is 0.634. The van der Waals surface area contributed by atoms with Crippen LogP contribution in [0.5, 0.6) is 0 Å². The molecule has 0 saturated carbocycles. The number of anilines is 1. The third kappa shape index (κ3) is 0.991. The minimum absolute atomic E-state index is 0.213. The molecule has 0 saturated heterocycles. The number of fused-ring (bicyclic) bond motifs is 1. The van der Waals surface area contributed by atoms with Crippen LogP contribution in [0.15, 0.2) is 12.3 Å². The van der Waals surface area contributed by atoms with Crippen molar-refractivity contribution in [1.29, 1.82) is 0 Å². The summed E-state index contributed by atoms with van der Waals surface area (Å²) >= 11 is 0. The fourth-order valence-electron chi connectivity index (χ4n) is 1.44. The van der Waals surface area contributed by atoms with Crippen LogP contribution in [0.3, 0.4) is 0 Å². The average Bonchev–Trinajstić information content (AvgIpc) is 2.53. The number of aliphatic hydroxyl groups excluding tert-OH is 1. The van der Waals surface area contributed by atoms with Gasteiger partial charge in [-0.3, -0.25) is 0 Å². The molecule has 4 heteroatoms. The van der Waals surface area contributed by atoms with Crippen LogP contribution < -0.4 is 4.90 Å². The Morgan fingerprint density at radius 1 is 1.55 bits per heavy atom. The van der Waals surface area contributed by atoms with Crippen LogP contribution >= 0.6 is 0 Å². The molecule has 1 aromatic heterocycles. The van der Waals surface area contributed by atoms with Crippen molar-refractivity contribution in [2.24, 2.45) is 0 Å². The Labute approximate surface area is 65.0 Å². The summed E-state index contributed by atoms with van der Waals surface area (Å²) in [5, 5.41) is 12.8. The Kier molecular flexibility index (Phi) is 1.54. The minimum Gasteiger partial charge on any atom is -0.395 e. The summed E-state index contributed by atoms with van der Waals surface area (Å²) in [4.78, 5) is 2.13. The summed E-state index contributed by atoms with van der Waals surface area (Å²) in [6.07, 6.45) is 1.79. The van der Waals surface area contributed by atoms with E-state index in [-0.39, 0.29) is 6.61 Å². The van der Waals surface area contributed by atoms with E-state index in [1.807, 2.05) is 10.7 Å². The lowest BCUT2D eigenvalue weighted by atomic mass is 10.5. The molecule has 0 unspecified atom stereocenters. The summed E-state index contributed by atoms with van der Waals surface area (Å²) in [6.45, 7) is 2.85. The van der Waals surface area contributed by atoms with Crippen LogP contribution in [-0.2, 0) is 6.54 Å². The molecular weight excluding hydrogens is 142 g/mol. The molecule has 1 aromatic rings. The predicted octanol–water partition coefficient (Wildman–Crippen LogP) is -0.305. The molecule has 1 N–H and O–H groups in total. The topological polar surface area (TPSA) is 41.3 Å². The molecule has 1 aliphatic rings. The Hall–Kier alpha value is -1.03. The van der Waals surface area contributed by atoms with E-state index in [2.05, 4.69) is 10.00 Å². The first-order valence-corrected chi connectivity index (χ1v) is 3.79. The van der Waals surface area contributed by atoms with Crippen molar-refractivity contribution in [3.8, 4) is 0 Å². The van der Waals surface area contributed by atoms with E-state index in [0.717, 1.165) is 18.9 Å². The minimum atomic E-state index is 0.213. The molecule has 60 valence electrons. The number of aromatic nitrogens is 2. The van der Waals surface area contributed by atoms with Gasteiger partial charge >= 0.3 is 0 Å². The molecule has 0 aliphatic carbocycles. The van der Waals surface area contributed by atoms with Gasteiger partial charge in [0.25, 0.3) is 0 Å². The van der Waals surface area contributed by atoms with Gasteiger partial charge in [-0.15, -0.1) is 0 Å². The third-order valence-corrected chi connectivity index (χ3v) is 1.97. The molecule has 0 bridgehead atoms. The van der Waals surface area contributed by atoms with Gasteiger partial charge in [-0.2, -0.15) is 5.10 Å². The maximum Gasteiger partial charge on any atom is 0.127 e. The van der Waals surface area contributed by atoms with Crippen LogP contribution in [-0.4, -0.2) is 34.6 Å². The van der Waals surface area contributed by atoms with Crippen LogP contribution in [0.1, 0.15) is 0 Å². The van der Waals surface area contributed by atoms with Gasteiger partial charge in [0.1, 0.15) is 5.82 Å². The van der Waals surface area contributed by atoms with Crippen LogP contribution in [0.2, 0.25) is 0 Å². The molecule has 1 aliphatic heterocycles. The van der Waals surface area contributed by atoms with E-state index in [4.69, 9.17) is 5.11 Å². The van der Waals surface area contributed by atoms with Crippen LogP contribution in [0.25, 0.3) is 0 Å². The molecule has 0 amide bonds. The monoisotopic (exact) mass is 153 g/mol. The Morgan fingerprint density at radius 3 is 3.27 bits per heavy atom. The Morgan fingerprint density at radius 2 is 2.45 bits per heavy atom. The van der Waals surface area contributed by atoms with Crippen molar-refractivity contribution in [2.45, 2.75) is 6.54 Å². The highest BCUT2D eigenvalue weighted by molar-refractivity contribution is 5.41. The highest BCUT2D eigenvalue weighted by Crippen LogP contribution is 2.18. The van der Waals surface area contributed by atoms with Crippen LogP contribution in [0, 0.1) is 0 Å². The summed E-state index contributed by atoms with van der Waals surface area (Å²) < 4.78 is 1.95. The van der Waals surface area contributed by atoms with Gasteiger partial charge in [-0.1, -0.05) is 0 Å². The highest BCUT2D eigenvalue weighted by atomic mass is 16.3. The lowest BCUT2D eigenvalue weighted by Crippen LogP contribution is -2.23. The van der Waals surface area contributed by atoms with Gasteiger partial charge in [0.15, 0.2) is 0 Å². The Balaban J connectivity index is 2.18. The fourth-order valence-corrected chi connectivity index (χ4v) is 1.44. The summed E-state index contributed by atoms with van der Waals surface area (Å²) in [6, 6.07) is 1.97. The zero-order valence-electron chi connectivity index (χ0n) is 6.27. The Bertz CT molecular complexity index is 246. The number of β-amino-alcohol motifs (C(OH)–C–C–N with tert-alkyl or cyclic N) is 1. The van der Waals surface area contributed by atoms with E-state index in [1.54, 1.807) is 6.20 Å². The van der Waals surface area contributed by atoms with Crippen molar-refractivity contribution in [2.75, 3.05) is 24.6 Å². The smallest absolute Gasteiger partial charge is 0.127 e. The van der Waals surface area contributed by atoms with Crippen molar-refractivity contribution in [1.82, 2.24) is 9.78 Å². The van der Waals surface area contributed by atoms with Crippen molar-refractivity contribution in [3.05, 3.63) is 12.3 Å². The number of hydrogen-bond donors (Lipinski definition) is 1. The zero-order valence-corrected chi connectivity index (χ0v) is 6.27. The summed E-state index contributed by atoms with van der Waals surface area (Å²) in [5.74, 6) is 1.12. The second-order valence-corrected chi connectivity index (χ2v) is 2.62. The van der Waals surface area contributed by atoms with E-state index in [1.165, 1.54) is 0 Å². The van der Waals surface area contributed by atoms with E-state index in [0.29, 0.717) is 6.54 Å². The van der Waals surface area contributed by atoms with E-state index in [9.17, 15) is 0 Å².